The molecule has 1 fully saturated rings. The zero-order chi connectivity index (χ0) is 13.7. The third-order valence-electron chi connectivity index (χ3n) is 2.92. The second-order valence-electron chi connectivity index (χ2n) is 5.16. The average Bonchev–Trinajstić information content (AvgIpc) is 3.02. The highest BCUT2D eigenvalue weighted by Crippen LogP contribution is 2.35. The van der Waals surface area contributed by atoms with Crippen LogP contribution in [0.4, 0.5) is 0 Å². The average molecular weight is 257 g/mol. The first-order chi connectivity index (χ1) is 8.45. The van der Waals surface area contributed by atoms with E-state index < -0.39 is 5.97 Å². The van der Waals surface area contributed by atoms with Crippen molar-refractivity contribution in [1.29, 1.82) is 0 Å². The molecule has 0 aliphatic heterocycles. The fraction of sp³-hybridized carbons (Fsp3) is 0.846. The van der Waals surface area contributed by atoms with Gasteiger partial charge in [0.25, 0.3) is 0 Å². The van der Waals surface area contributed by atoms with Gasteiger partial charge in [-0.15, -0.1) is 0 Å². The van der Waals surface area contributed by atoms with Crippen molar-refractivity contribution in [3.8, 4) is 0 Å². The van der Waals surface area contributed by atoms with Crippen LogP contribution in [0.5, 0.6) is 0 Å². The molecule has 104 valence electrons. The smallest absolute Gasteiger partial charge is 0.305 e. The first kappa shape index (κ1) is 15.0. The predicted octanol–water partition coefficient (Wildman–Crippen LogP) is 1.37. The van der Waals surface area contributed by atoms with Crippen LogP contribution in [0.2, 0.25) is 0 Å². The van der Waals surface area contributed by atoms with E-state index in [1.807, 2.05) is 20.8 Å². The largest absolute Gasteiger partial charge is 0.481 e. The molecule has 0 aromatic heterocycles. The van der Waals surface area contributed by atoms with Gasteiger partial charge in [0.15, 0.2) is 0 Å². The summed E-state index contributed by atoms with van der Waals surface area (Å²) in [5.74, 6) is -0.540. The Morgan fingerprint density at radius 1 is 1.44 bits per heavy atom. The number of carboxylic acid groups (broad SMARTS) is 1. The maximum Gasteiger partial charge on any atom is 0.305 e. The molecule has 0 heterocycles. The summed E-state index contributed by atoms with van der Waals surface area (Å²) in [7, 11) is 0. The Morgan fingerprint density at radius 2 is 2.11 bits per heavy atom. The van der Waals surface area contributed by atoms with Gasteiger partial charge >= 0.3 is 5.97 Å². The summed E-state index contributed by atoms with van der Waals surface area (Å²) in [6, 6.07) is 0. The van der Waals surface area contributed by atoms with Gasteiger partial charge in [0.1, 0.15) is 0 Å². The molecule has 0 saturated heterocycles. The zero-order valence-corrected chi connectivity index (χ0v) is 11.4. The predicted molar refractivity (Wildman–Crippen MR) is 67.2 cm³/mol. The minimum Gasteiger partial charge on any atom is -0.481 e. The molecule has 0 aromatic rings. The highest BCUT2D eigenvalue weighted by atomic mass is 16.5. The molecule has 0 spiro atoms. The summed E-state index contributed by atoms with van der Waals surface area (Å²) >= 11 is 0. The molecule has 0 bridgehead atoms. The Balaban J connectivity index is 2.48. The Labute approximate surface area is 108 Å². The Hall–Kier alpha value is -1.10. The van der Waals surface area contributed by atoms with E-state index in [-0.39, 0.29) is 24.3 Å². The molecule has 18 heavy (non-hydrogen) atoms. The van der Waals surface area contributed by atoms with Gasteiger partial charge in [-0.1, -0.05) is 13.8 Å². The molecular formula is C13H23NO4. The molecule has 1 aliphatic rings. The van der Waals surface area contributed by atoms with Crippen molar-refractivity contribution in [2.24, 2.45) is 11.8 Å². The van der Waals surface area contributed by atoms with Crippen LogP contribution in [0.15, 0.2) is 0 Å². The normalized spacial score (nSPS) is 22.0. The maximum atomic E-state index is 12.2. The van der Waals surface area contributed by atoms with Crippen molar-refractivity contribution >= 4 is 11.9 Å². The minimum atomic E-state index is -0.867. The van der Waals surface area contributed by atoms with E-state index in [4.69, 9.17) is 9.84 Å². The number of hydrogen-bond acceptors (Lipinski definition) is 3. The van der Waals surface area contributed by atoms with E-state index in [0.717, 1.165) is 6.42 Å². The molecule has 2 unspecified atom stereocenters. The highest BCUT2D eigenvalue weighted by Gasteiger charge is 2.45. The monoisotopic (exact) mass is 257 g/mol. The van der Waals surface area contributed by atoms with Crippen molar-refractivity contribution in [3.63, 3.8) is 0 Å². The number of ether oxygens (including phenoxy) is 1. The fourth-order valence-corrected chi connectivity index (χ4v) is 2.03. The fourth-order valence-electron chi connectivity index (χ4n) is 2.03. The number of hydrogen-bond donors (Lipinski definition) is 1. The zero-order valence-electron chi connectivity index (χ0n) is 11.4. The number of carbonyl (C=O) groups excluding carboxylic acids is 1. The summed E-state index contributed by atoms with van der Waals surface area (Å²) in [6.45, 7) is 7.48. The number of carboxylic acids is 1. The van der Waals surface area contributed by atoms with E-state index in [9.17, 15) is 9.59 Å². The molecule has 1 amide bonds. The quantitative estimate of drug-likeness (QED) is 0.713. The van der Waals surface area contributed by atoms with Crippen molar-refractivity contribution < 1.29 is 19.4 Å². The third kappa shape index (κ3) is 4.64. The van der Waals surface area contributed by atoms with Crippen molar-refractivity contribution in [2.75, 3.05) is 19.7 Å². The van der Waals surface area contributed by atoms with Gasteiger partial charge in [0.05, 0.1) is 18.4 Å². The van der Waals surface area contributed by atoms with E-state index in [1.54, 1.807) is 4.90 Å². The molecule has 1 saturated carbocycles. The van der Waals surface area contributed by atoms with E-state index in [2.05, 4.69) is 0 Å². The minimum absolute atomic E-state index is 0.00445. The van der Waals surface area contributed by atoms with Gasteiger partial charge in [0.2, 0.25) is 5.91 Å². The molecule has 0 radical (unpaired) electrons. The summed E-state index contributed by atoms with van der Waals surface area (Å²) in [5.41, 5.74) is 0. The van der Waals surface area contributed by atoms with Crippen molar-refractivity contribution in [1.82, 2.24) is 4.90 Å². The van der Waals surface area contributed by atoms with E-state index >= 15 is 0 Å². The first-order valence-corrected chi connectivity index (χ1v) is 6.57. The van der Waals surface area contributed by atoms with Crippen LogP contribution in [-0.2, 0) is 14.3 Å². The summed E-state index contributed by atoms with van der Waals surface area (Å²) < 4.78 is 5.40. The Bertz CT molecular complexity index is 303. The molecule has 0 aromatic carbocycles. The van der Waals surface area contributed by atoms with Crippen molar-refractivity contribution in [2.45, 2.75) is 39.7 Å². The lowest BCUT2D eigenvalue weighted by Gasteiger charge is -2.24. The van der Waals surface area contributed by atoms with Gasteiger partial charge < -0.3 is 14.7 Å². The van der Waals surface area contributed by atoms with Gasteiger partial charge in [-0.3, -0.25) is 9.59 Å². The molecule has 1 N–H and O–H groups in total. The van der Waals surface area contributed by atoms with Crippen LogP contribution < -0.4 is 0 Å². The van der Waals surface area contributed by atoms with Gasteiger partial charge in [-0.25, -0.2) is 0 Å². The SMILES string of the molecule is CCOC1CC1C(=O)N(CCC(=O)O)CC(C)C. The molecule has 2 atom stereocenters. The number of carbonyl (C=O) groups is 2. The van der Waals surface area contributed by atoms with Crippen LogP contribution in [-0.4, -0.2) is 47.7 Å². The van der Waals surface area contributed by atoms with E-state index in [1.165, 1.54) is 0 Å². The molecule has 1 aliphatic carbocycles. The molecule has 5 nitrogen and oxygen atoms in total. The van der Waals surface area contributed by atoms with Crippen LogP contribution in [0.1, 0.15) is 33.6 Å². The van der Waals surface area contributed by atoms with Gasteiger partial charge in [0, 0.05) is 19.7 Å². The summed E-state index contributed by atoms with van der Waals surface area (Å²) in [6.07, 6.45) is 0.820. The lowest BCUT2D eigenvalue weighted by Crippen LogP contribution is -2.37. The van der Waals surface area contributed by atoms with Crippen LogP contribution in [0.3, 0.4) is 0 Å². The standard InChI is InChI=1S/C13H23NO4/c1-4-18-11-7-10(11)13(17)14(8-9(2)3)6-5-12(15)16/h9-11H,4-8H2,1-3H3,(H,15,16). The lowest BCUT2D eigenvalue weighted by molar-refractivity contribution is -0.139. The van der Waals surface area contributed by atoms with Gasteiger partial charge in [-0.05, 0) is 19.3 Å². The number of amides is 1. The summed E-state index contributed by atoms with van der Waals surface area (Å²) in [4.78, 5) is 24.5. The molecule has 5 heteroatoms. The Kier molecular flexibility index (Phi) is 5.59. The molecule has 1 rings (SSSR count). The Morgan fingerprint density at radius 3 is 2.61 bits per heavy atom. The summed E-state index contributed by atoms with van der Waals surface area (Å²) in [5, 5.41) is 8.71. The maximum absolute atomic E-state index is 12.2. The number of nitrogens with zero attached hydrogens (tertiary/aromatic N) is 1. The first-order valence-electron chi connectivity index (χ1n) is 6.57. The van der Waals surface area contributed by atoms with Gasteiger partial charge in [-0.2, -0.15) is 0 Å². The van der Waals surface area contributed by atoms with Crippen LogP contribution >= 0.6 is 0 Å². The number of aliphatic carboxylic acids is 1. The molecular weight excluding hydrogens is 234 g/mol. The van der Waals surface area contributed by atoms with E-state index in [0.29, 0.717) is 25.6 Å². The lowest BCUT2D eigenvalue weighted by atomic mass is 10.2. The second kappa shape index (κ2) is 6.73. The number of rotatable bonds is 8. The third-order valence-corrected chi connectivity index (χ3v) is 2.92. The highest BCUT2D eigenvalue weighted by molar-refractivity contribution is 5.82. The second-order valence-corrected chi connectivity index (χ2v) is 5.16. The van der Waals surface area contributed by atoms with Crippen LogP contribution in [0, 0.1) is 11.8 Å². The van der Waals surface area contributed by atoms with Crippen molar-refractivity contribution in [3.05, 3.63) is 0 Å². The topological polar surface area (TPSA) is 66.8 Å². The van der Waals surface area contributed by atoms with Crippen LogP contribution in [0.25, 0.3) is 0 Å².